The van der Waals surface area contributed by atoms with Gasteiger partial charge >= 0.3 is 11.9 Å². The Labute approximate surface area is 338 Å². The average Bonchev–Trinajstić information content (AvgIpc) is 3.20. The normalized spacial score (nSPS) is 13.1. The van der Waals surface area contributed by atoms with E-state index in [1.165, 1.54) is 69.8 Å². The molecule has 0 saturated heterocycles. The van der Waals surface area contributed by atoms with Gasteiger partial charge in [-0.15, -0.1) is 0 Å². The summed E-state index contributed by atoms with van der Waals surface area (Å²) in [6, 6.07) is 21.0. The quantitative estimate of drug-likeness (QED) is 0.0570. The van der Waals surface area contributed by atoms with Crippen LogP contribution in [0.2, 0.25) is 0 Å². The van der Waals surface area contributed by atoms with Crippen molar-refractivity contribution in [3.05, 3.63) is 101 Å². The molecule has 0 unspecified atom stereocenters. The fourth-order valence-electron chi connectivity index (χ4n) is 7.80. The van der Waals surface area contributed by atoms with Gasteiger partial charge in [-0.2, -0.15) is 0 Å². The van der Waals surface area contributed by atoms with Crippen LogP contribution in [0.1, 0.15) is 144 Å². The van der Waals surface area contributed by atoms with Gasteiger partial charge < -0.3 is 18.9 Å². The van der Waals surface area contributed by atoms with Crippen molar-refractivity contribution in [2.24, 2.45) is 0 Å². The highest BCUT2D eigenvalue weighted by atomic mass is 16.6. The molecular formula is C49H60N2O6. The molecule has 8 nitrogen and oxygen atoms in total. The molecule has 2 aromatic heterocycles. The Bertz CT molecular complexity index is 2110. The summed E-state index contributed by atoms with van der Waals surface area (Å²) in [4.78, 5) is 36.9. The zero-order valence-corrected chi connectivity index (χ0v) is 34.7. The number of aromatic nitrogens is 2. The largest absolute Gasteiger partial charge is 0.493 e. The minimum atomic E-state index is -1.09. The van der Waals surface area contributed by atoms with Crippen molar-refractivity contribution in [2.45, 2.75) is 136 Å². The Morgan fingerprint density at radius 2 is 1.49 bits per heavy atom. The molecule has 0 fully saturated rings. The second-order valence-corrected chi connectivity index (χ2v) is 16.3. The fourth-order valence-corrected chi connectivity index (χ4v) is 7.80. The number of nitrogens with zero attached hydrogens (tertiary/aromatic N) is 2. The molecule has 3 aromatic carbocycles. The summed E-state index contributed by atoms with van der Waals surface area (Å²) >= 11 is 0. The lowest BCUT2D eigenvalue weighted by molar-refractivity contribution is -0.168. The highest BCUT2D eigenvalue weighted by Crippen LogP contribution is 2.44. The molecule has 0 aliphatic carbocycles. The Morgan fingerprint density at radius 1 is 0.807 bits per heavy atom. The number of rotatable bonds is 20. The minimum absolute atomic E-state index is 0.00624. The van der Waals surface area contributed by atoms with Gasteiger partial charge in [-0.3, -0.25) is 9.97 Å². The predicted molar refractivity (Wildman–Crippen MR) is 228 cm³/mol. The predicted octanol–water partition coefficient (Wildman–Crippen LogP) is 12.2. The summed E-state index contributed by atoms with van der Waals surface area (Å²) in [5, 5.41) is 1.87. The van der Waals surface area contributed by atoms with Crippen molar-refractivity contribution in [3.63, 3.8) is 0 Å². The van der Waals surface area contributed by atoms with E-state index in [1.807, 2.05) is 76.4 Å². The molecule has 57 heavy (non-hydrogen) atoms. The van der Waals surface area contributed by atoms with Gasteiger partial charge in [0, 0.05) is 45.8 Å². The summed E-state index contributed by atoms with van der Waals surface area (Å²) in [6.07, 6.45) is 16.7. The Balaban J connectivity index is 1.11. The Hall–Kier alpha value is -4.82. The molecule has 302 valence electrons. The van der Waals surface area contributed by atoms with Gasteiger partial charge in [0.15, 0.2) is 6.10 Å². The lowest BCUT2D eigenvalue weighted by atomic mass is 9.88. The van der Waals surface area contributed by atoms with Crippen LogP contribution in [0.25, 0.3) is 32.9 Å². The molecule has 8 heteroatoms. The number of hydrogen-bond donors (Lipinski definition) is 0. The van der Waals surface area contributed by atoms with Crippen LogP contribution in [0, 0.1) is 6.92 Å². The van der Waals surface area contributed by atoms with Crippen molar-refractivity contribution < 1.29 is 28.5 Å². The number of ether oxygens (including phenoxy) is 4. The Morgan fingerprint density at radius 3 is 2.19 bits per heavy atom. The number of pyridine rings is 2. The van der Waals surface area contributed by atoms with Crippen LogP contribution in [0.3, 0.4) is 0 Å². The van der Waals surface area contributed by atoms with E-state index in [9.17, 15) is 9.59 Å². The van der Waals surface area contributed by atoms with E-state index in [4.69, 9.17) is 28.9 Å². The monoisotopic (exact) mass is 772 g/mol. The third-order valence-electron chi connectivity index (χ3n) is 10.7. The number of unbranched alkanes of at least 4 members (excludes halogenated alkanes) is 11. The fraction of sp³-hybridized carbons (Fsp3) is 0.469. The smallest absolute Gasteiger partial charge is 0.340 e. The van der Waals surface area contributed by atoms with Gasteiger partial charge in [0.2, 0.25) is 0 Å². The van der Waals surface area contributed by atoms with Gasteiger partial charge in [0.25, 0.3) is 0 Å². The van der Waals surface area contributed by atoms with Gasteiger partial charge in [-0.05, 0) is 81.6 Å². The first-order chi connectivity index (χ1) is 27.6. The molecular weight excluding hydrogens is 713 g/mol. The number of benzene rings is 3. The summed E-state index contributed by atoms with van der Waals surface area (Å²) in [5.74, 6) is -0.0661. The first-order valence-corrected chi connectivity index (χ1v) is 21.2. The second-order valence-electron chi connectivity index (χ2n) is 16.3. The summed E-state index contributed by atoms with van der Waals surface area (Å²) in [7, 11) is 0. The van der Waals surface area contributed by atoms with Crippen LogP contribution in [0.4, 0.5) is 0 Å². The molecule has 1 aliphatic heterocycles. The number of carbonyl (C=O) groups is 2. The molecule has 0 N–H and O–H groups in total. The van der Waals surface area contributed by atoms with Crippen molar-refractivity contribution in [1.82, 2.24) is 9.97 Å². The molecule has 3 heterocycles. The number of fused-ring (bicyclic) bond motifs is 1. The number of esters is 2. The van der Waals surface area contributed by atoms with Crippen molar-refractivity contribution in [2.75, 3.05) is 13.2 Å². The van der Waals surface area contributed by atoms with Gasteiger partial charge in [-0.25, -0.2) is 9.59 Å². The molecule has 6 rings (SSSR count). The van der Waals surface area contributed by atoms with Crippen LogP contribution >= 0.6 is 0 Å². The maximum atomic E-state index is 14.3. The molecule has 5 aromatic rings. The minimum Gasteiger partial charge on any atom is -0.493 e. The first kappa shape index (κ1) is 41.8. The van der Waals surface area contributed by atoms with E-state index in [0.717, 1.165) is 63.5 Å². The average molecular weight is 773 g/mol. The highest BCUT2D eigenvalue weighted by Gasteiger charge is 2.34. The van der Waals surface area contributed by atoms with Crippen LogP contribution in [-0.2, 0) is 32.0 Å². The zero-order chi connectivity index (χ0) is 40.2. The molecule has 0 spiro atoms. The maximum absolute atomic E-state index is 14.3. The summed E-state index contributed by atoms with van der Waals surface area (Å²) in [6.45, 7) is 11.0. The summed E-state index contributed by atoms with van der Waals surface area (Å²) < 4.78 is 24.2. The number of para-hydroxylation sites is 1. The van der Waals surface area contributed by atoms with E-state index in [2.05, 4.69) is 6.92 Å². The van der Waals surface area contributed by atoms with Crippen molar-refractivity contribution in [1.29, 1.82) is 0 Å². The molecule has 0 bridgehead atoms. The van der Waals surface area contributed by atoms with E-state index in [0.29, 0.717) is 30.0 Å². The van der Waals surface area contributed by atoms with Crippen LogP contribution in [0.5, 0.6) is 5.75 Å². The summed E-state index contributed by atoms with van der Waals surface area (Å²) in [5.41, 5.74) is 6.32. The van der Waals surface area contributed by atoms with Gasteiger partial charge in [0.05, 0.1) is 35.4 Å². The van der Waals surface area contributed by atoms with Crippen molar-refractivity contribution in [3.8, 4) is 16.9 Å². The highest BCUT2D eigenvalue weighted by molar-refractivity contribution is 6.07. The Kier molecular flexibility index (Phi) is 14.7. The van der Waals surface area contributed by atoms with E-state index < -0.39 is 17.7 Å². The molecule has 0 saturated carbocycles. The number of aryl methyl sites for hydroxylation is 1. The lowest BCUT2D eigenvalue weighted by Crippen LogP contribution is -2.30. The SMILES string of the molecule is CCCCCCCCCCCCCCOC(=O)c1ccc(COC(=O)[C@@H](OC(C)(C)C)c2c(C)nc3ccccc3c2-c2ccc3c4c(ccnc24)CCO3)cc1. The molecule has 0 amide bonds. The van der Waals surface area contributed by atoms with Gasteiger partial charge in [0.1, 0.15) is 12.4 Å². The molecule has 1 atom stereocenters. The topological polar surface area (TPSA) is 96.8 Å². The third-order valence-corrected chi connectivity index (χ3v) is 10.7. The van der Waals surface area contributed by atoms with Crippen LogP contribution < -0.4 is 4.74 Å². The second kappa shape index (κ2) is 20.0. The standard InChI is InChI=1S/C49H60N2O6/c1-6-7-8-9-10-11-12-13-14-15-16-19-31-55-47(52)37-24-22-35(23-25-37)33-56-48(53)46(57-49(3,4)5)42-34(2)51-40-21-18-17-20-38(40)44(42)39-26-27-41-43-36(29-32-54-41)28-30-50-45(39)43/h17-18,20-28,30,46H,6-16,19,29,31-33H2,1-5H3/t46-/m0/s1. The lowest BCUT2D eigenvalue weighted by Gasteiger charge is -2.29. The van der Waals surface area contributed by atoms with Crippen molar-refractivity contribution >= 4 is 33.7 Å². The van der Waals surface area contributed by atoms with Crippen LogP contribution in [-0.4, -0.2) is 40.7 Å². The first-order valence-electron chi connectivity index (χ1n) is 21.2. The molecule has 0 radical (unpaired) electrons. The number of carbonyl (C=O) groups excluding carboxylic acids is 2. The van der Waals surface area contributed by atoms with Gasteiger partial charge in [-0.1, -0.05) is 108 Å². The molecule has 1 aliphatic rings. The van der Waals surface area contributed by atoms with E-state index in [-0.39, 0.29) is 12.6 Å². The van der Waals surface area contributed by atoms with Crippen LogP contribution in [0.15, 0.2) is 72.9 Å². The third kappa shape index (κ3) is 11.0. The maximum Gasteiger partial charge on any atom is 0.340 e. The van der Waals surface area contributed by atoms with E-state index >= 15 is 0 Å². The number of hydrogen-bond acceptors (Lipinski definition) is 8. The zero-order valence-electron chi connectivity index (χ0n) is 34.7. The van der Waals surface area contributed by atoms with E-state index in [1.54, 1.807) is 24.3 Å².